The van der Waals surface area contributed by atoms with Crippen LogP contribution in [0.1, 0.15) is 38.2 Å². The maximum absolute atomic E-state index is 6.08. The van der Waals surface area contributed by atoms with Crippen LogP contribution in [-0.4, -0.2) is 23.3 Å². The zero-order valence-corrected chi connectivity index (χ0v) is 12.9. The molecule has 0 spiro atoms. The SMILES string of the molecule is CCC(N)Cc1ccc2ccn(CCC3CCCO3)c2c1. The van der Waals surface area contributed by atoms with Crippen LogP contribution in [0, 0.1) is 0 Å². The molecule has 2 aromatic rings. The lowest BCUT2D eigenvalue weighted by Crippen LogP contribution is -2.21. The van der Waals surface area contributed by atoms with Gasteiger partial charge >= 0.3 is 0 Å². The Morgan fingerprint density at radius 1 is 1.38 bits per heavy atom. The van der Waals surface area contributed by atoms with E-state index in [4.69, 9.17) is 10.5 Å². The highest BCUT2D eigenvalue weighted by molar-refractivity contribution is 5.80. The lowest BCUT2D eigenvalue weighted by molar-refractivity contribution is 0.101. The summed E-state index contributed by atoms with van der Waals surface area (Å²) >= 11 is 0. The Kier molecular flexibility index (Phi) is 4.61. The minimum Gasteiger partial charge on any atom is -0.378 e. The Bertz CT molecular complexity index is 584. The molecule has 3 nitrogen and oxygen atoms in total. The van der Waals surface area contributed by atoms with Crippen LogP contribution >= 0.6 is 0 Å². The molecule has 1 aromatic heterocycles. The van der Waals surface area contributed by atoms with E-state index in [2.05, 4.69) is 42.0 Å². The Morgan fingerprint density at radius 3 is 3.05 bits per heavy atom. The van der Waals surface area contributed by atoms with Crippen LogP contribution in [-0.2, 0) is 17.7 Å². The van der Waals surface area contributed by atoms with E-state index in [1.54, 1.807) is 0 Å². The molecule has 1 saturated heterocycles. The van der Waals surface area contributed by atoms with Crippen LogP contribution in [0.25, 0.3) is 10.9 Å². The average molecular weight is 286 g/mol. The molecule has 2 unspecified atom stereocenters. The van der Waals surface area contributed by atoms with E-state index in [0.717, 1.165) is 32.4 Å². The lowest BCUT2D eigenvalue weighted by Gasteiger charge is -2.12. The smallest absolute Gasteiger partial charge is 0.0593 e. The number of hydrogen-bond donors (Lipinski definition) is 1. The van der Waals surface area contributed by atoms with Gasteiger partial charge in [0.25, 0.3) is 0 Å². The van der Waals surface area contributed by atoms with Crippen molar-refractivity contribution in [3.05, 3.63) is 36.0 Å². The van der Waals surface area contributed by atoms with E-state index >= 15 is 0 Å². The molecule has 0 amide bonds. The van der Waals surface area contributed by atoms with Gasteiger partial charge in [-0.25, -0.2) is 0 Å². The molecule has 0 aliphatic carbocycles. The predicted octanol–water partition coefficient (Wildman–Crippen LogP) is 3.49. The monoisotopic (exact) mass is 286 g/mol. The van der Waals surface area contributed by atoms with Crippen LogP contribution < -0.4 is 5.73 Å². The van der Waals surface area contributed by atoms with Crippen LogP contribution in [0.4, 0.5) is 0 Å². The van der Waals surface area contributed by atoms with Gasteiger partial charge in [0.2, 0.25) is 0 Å². The quantitative estimate of drug-likeness (QED) is 0.883. The molecule has 0 saturated carbocycles. The second kappa shape index (κ2) is 6.63. The topological polar surface area (TPSA) is 40.2 Å². The minimum absolute atomic E-state index is 0.262. The summed E-state index contributed by atoms with van der Waals surface area (Å²) in [6.45, 7) is 4.13. The Hall–Kier alpha value is -1.32. The average Bonchev–Trinajstić information content (AvgIpc) is 3.14. The third-order valence-electron chi connectivity index (χ3n) is 4.58. The standard InChI is InChI=1S/C18H26N2O/c1-2-16(19)12-14-5-6-15-7-9-20(18(15)13-14)10-8-17-4-3-11-21-17/h5-7,9,13,16-17H,2-4,8,10-12,19H2,1H3. The van der Waals surface area contributed by atoms with Crippen molar-refractivity contribution in [3.8, 4) is 0 Å². The molecule has 2 atom stereocenters. The molecular weight excluding hydrogens is 260 g/mol. The number of nitrogens with two attached hydrogens (primary N) is 1. The van der Waals surface area contributed by atoms with Crippen LogP contribution in [0.15, 0.2) is 30.5 Å². The van der Waals surface area contributed by atoms with E-state index in [0.29, 0.717) is 6.10 Å². The normalized spacial score (nSPS) is 20.2. The maximum Gasteiger partial charge on any atom is 0.0593 e. The molecule has 1 aliphatic rings. The fourth-order valence-electron chi connectivity index (χ4n) is 3.15. The van der Waals surface area contributed by atoms with Gasteiger partial charge in [-0.3, -0.25) is 0 Å². The number of hydrogen-bond acceptors (Lipinski definition) is 2. The third-order valence-corrected chi connectivity index (χ3v) is 4.58. The Morgan fingerprint density at radius 2 is 2.29 bits per heavy atom. The van der Waals surface area contributed by atoms with Crippen molar-refractivity contribution in [3.63, 3.8) is 0 Å². The number of ether oxygens (including phenoxy) is 1. The zero-order valence-electron chi connectivity index (χ0n) is 12.9. The second-order valence-corrected chi connectivity index (χ2v) is 6.20. The van der Waals surface area contributed by atoms with Gasteiger partial charge in [-0.05, 0) is 55.2 Å². The number of rotatable bonds is 6. The first-order valence-electron chi connectivity index (χ1n) is 8.21. The van der Waals surface area contributed by atoms with Gasteiger partial charge in [0.1, 0.15) is 0 Å². The number of fused-ring (bicyclic) bond motifs is 1. The van der Waals surface area contributed by atoms with Crippen molar-refractivity contribution >= 4 is 10.9 Å². The van der Waals surface area contributed by atoms with Gasteiger partial charge in [0.05, 0.1) is 6.10 Å². The molecule has 1 aromatic carbocycles. The van der Waals surface area contributed by atoms with Crippen molar-refractivity contribution < 1.29 is 4.74 Å². The molecule has 1 aliphatic heterocycles. The fraction of sp³-hybridized carbons (Fsp3) is 0.556. The predicted molar refractivity (Wildman–Crippen MR) is 87.5 cm³/mol. The Balaban J connectivity index is 1.73. The summed E-state index contributed by atoms with van der Waals surface area (Å²) in [6.07, 6.45) is 8.19. The fourth-order valence-corrected chi connectivity index (χ4v) is 3.15. The highest BCUT2D eigenvalue weighted by atomic mass is 16.5. The third kappa shape index (κ3) is 3.47. The number of benzene rings is 1. The molecule has 0 bridgehead atoms. The molecule has 1 fully saturated rings. The summed E-state index contributed by atoms with van der Waals surface area (Å²) in [5.74, 6) is 0. The summed E-state index contributed by atoms with van der Waals surface area (Å²) < 4.78 is 8.08. The lowest BCUT2D eigenvalue weighted by atomic mass is 10.0. The molecule has 3 heteroatoms. The van der Waals surface area contributed by atoms with Crippen molar-refractivity contribution in [2.75, 3.05) is 6.61 Å². The molecule has 0 radical (unpaired) electrons. The molecular formula is C18H26N2O. The van der Waals surface area contributed by atoms with Gasteiger partial charge in [-0.1, -0.05) is 19.1 Å². The summed E-state index contributed by atoms with van der Waals surface area (Å²) in [5, 5.41) is 1.32. The highest BCUT2D eigenvalue weighted by Gasteiger charge is 2.15. The van der Waals surface area contributed by atoms with Gasteiger partial charge in [-0.2, -0.15) is 0 Å². The van der Waals surface area contributed by atoms with Crippen molar-refractivity contribution in [2.24, 2.45) is 5.73 Å². The van der Waals surface area contributed by atoms with Gasteiger partial charge in [0, 0.05) is 30.9 Å². The van der Waals surface area contributed by atoms with E-state index in [-0.39, 0.29) is 6.04 Å². The summed E-state index contributed by atoms with van der Waals surface area (Å²) in [4.78, 5) is 0. The maximum atomic E-state index is 6.08. The molecule has 2 N–H and O–H groups in total. The van der Waals surface area contributed by atoms with Crippen LogP contribution in [0.5, 0.6) is 0 Å². The largest absolute Gasteiger partial charge is 0.378 e. The zero-order chi connectivity index (χ0) is 14.7. The van der Waals surface area contributed by atoms with Crippen LogP contribution in [0.3, 0.4) is 0 Å². The molecule has 114 valence electrons. The summed E-state index contributed by atoms with van der Waals surface area (Å²) in [5.41, 5.74) is 8.75. The van der Waals surface area contributed by atoms with Crippen molar-refractivity contribution in [1.82, 2.24) is 4.57 Å². The minimum atomic E-state index is 0.262. The van der Waals surface area contributed by atoms with E-state index in [1.165, 1.54) is 29.3 Å². The summed E-state index contributed by atoms with van der Waals surface area (Å²) in [6, 6.07) is 9.20. The van der Waals surface area contributed by atoms with Crippen LogP contribution in [0.2, 0.25) is 0 Å². The van der Waals surface area contributed by atoms with E-state index in [1.807, 2.05) is 0 Å². The van der Waals surface area contributed by atoms with Gasteiger partial charge in [-0.15, -0.1) is 0 Å². The number of nitrogens with zero attached hydrogens (tertiary/aromatic N) is 1. The molecule has 3 rings (SSSR count). The number of aryl methyl sites for hydroxylation is 1. The van der Waals surface area contributed by atoms with Gasteiger partial charge < -0.3 is 15.0 Å². The number of aromatic nitrogens is 1. The van der Waals surface area contributed by atoms with Crippen molar-refractivity contribution in [1.29, 1.82) is 0 Å². The molecule has 21 heavy (non-hydrogen) atoms. The first kappa shape index (κ1) is 14.6. The molecule has 2 heterocycles. The van der Waals surface area contributed by atoms with E-state index in [9.17, 15) is 0 Å². The van der Waals surface area contributed by atoms with E-state index < -0.39 is 0 Å². The second-order valence-electron chi connectivity index (χ2n) is 6.20. The highest BCUT2D eigenvalue weighted by Crippen LogP contribution is 2.21. The first-order chi connectivity index (χ1) is 10.3. The van der Waals surface area contributed by atoms with Gasteiger partial charge in [0.15, 0.2) is 0 Å². The van der Waals surface area contributed by atoms with Crippen molar-refractivity contribution in [2.45, 2.75) is 57.7 Å². The summed E-state index contributed by atoms with van der Waals surface area (Å²) in [7, 11) is 0. The Labute approximate surface area is 127 Å². The first-order valence-corrected chi connectivity index (χ1v) is 8.21.